The third-order valence-corrected chi connectivity index (χ3v) is 14.1. The minimum absolute atomic E-state index is 0.0845. The highest BCUT2D eigenvalue weighted by Crippen LogP contribution is 2.41. The first kappa shape index (κ1) is 50.5. The Balaban J connectivity index is 1.02. The fourth-order valence-electron chi connectivity index (χ4n) is 8.07. The van der Waals surface area contributed by atoms with Gasteiger partial charge in [0.1, 0.15) is 23.0 Å². The Labute approximate surface area is 400 Å². The zero-order valence-corrected chi connectivity index (χ0v) is 41.4. The normalized spacial score (nSPS) is 11.9. The van der Waals surface area contributed by atoms with Crippen molar-refractivity contribution in [1.82, 2.24) is 0 Å². The third-order valence-electron chi connectivity index (χ3n) is 11.8. The van der Waals surface area contributed by atoms with Crippen LogP contribution in [-0.4, -0.2) is 63.9 Å². The summed E-state index contributed by atoms with van der Waals surface area (Å²) in [5.74, 6) is 3.10. The van der Waals surface area contributed by atoms with E-state index in [2.05, 4.69) is 93.2 Å². The Kier molecular flexibility index (Phi) is 20.3. The summed E-state index contributed by atoms with van der Waals surface area (Å²) >= 11 is 3.50. The Morgan fingerprint density at radius 3 is 1.59 bits per heavy atom. The SMILES string of the molecule is C=C(C)C(=O)OCCCC(O)COC(CCCOc1ccc2cc(-c3ccc(CCCCC)cc3OC)sc2c1)CCCOc1ccc2cc(-c3ccc(CCCCC)cc3OC)sc2c1. The predicted molar refractivity (Wildman–Crippen MR) is 274 cm³/mol. The lowest BCUT2D eigenvalue weighted by atomic mass is 10.0. The Morgan fingerprint density at radius 1 is 0.621 bits per heavy atom. The molecule has 0 saturated carbocycles. The van der Waals surface area contributed by atoms with E-state index >= 15 is 0 Å². The zero-order valence-electron chi connectivity index (χ0n) is 39.8. The van der Waals surface area contributed by atoms with Crippen LogP contribution in [0.4, 0.5) is 0 Å². The molecular formula is C56H70O8S2. The number of hydrogen-bond donors (Lipinski definition) is 1. The van der Waals surface area contributed by atoms with E-state index in [1.54, 1.807) is 43.8 Å². The van der Waals surface area contributed by atoms with Crippen LogP contribution in [0.25, 0.3) is 41.1 Å². The molecule has 8 nitrogen and oxygen atoms in total. The minimum Gasteiger partial charge on any atom is -0.496 e. The first-order valence-electron chi connectivity index (χ1n) is 24.0. The second-order valence-electron chi connectivity index (χ2n) is 17.3. The quantitative estimate of drug-likeness (QED) is 0.0271. The number of thiophene rings is 2. The minimum atomic E-state index is -0.666. The summed E-state index contributed by atoms with van der Waals surface area (Å²) in [6.07, 6.45) is 12.8. The number of benzene rings is 4. The van der Waals surface area contributed by atoms with Gasteiger partial charge in [0.15, 0.2) is 0 Å². The second kappa shape index (κ2) is 26.5. The van der Waals surface area contributed by atoms with Gasteiger partial charge in [0.05, 0.1) is 52.9 Å². The summed E-state index contributed by atoms with van der Waals surface area (Å²) in [5.41, 5.74) is 5.22. The first-order chi connectivity index (χ1) is 32.2. The summed E-state index contributed by atoms with van der Waals surface area (Å²) < 4.78 is 38.2. The topological polar surface area (TPSA) is 92.7 Å². The summed E-state index contributed by atoms with van der Waals surface area (Å²) in [4.78, 5) is 14.1. The molecule has 0 saturated heterocycles. The maximum atomic E-state index is 11.7. The van der Waals surface area contributed by atoms with Crippen LogP contribution in [0, 0.1) is 0 Å². The predicted octanol–water partition coefficient (Wildman–Crippen LogP) is 14.6. The van der Waals surface area contributed by atoms with Gasteiger partial charge < -0.3 is 33.5 Å². The third kappa shape index (κ3) is 15.1. The van der Waals surface area contributed by atoms with Crippen LogP contribution in [0.1, 0.15) is 109 Å². The molecule has 354 valence electrons. The highest BCUT2D eigenvalue weighted by Gasteiger charge is 2.16. The number of aliphatic hydroxyl groups is 1. The maximum absolute atomic E-state index is 11.7. The van der Waals surface area contributed by atoms with Gasteiger partial charge in [-0.3, -0.25) is 0 Å². The molecule has 4 aromatic carbocycles. The van der Waals surface area contributed by atoms with E-state index in [1.165, 1.54) is 79.6 Å². The zero-order chi connectivity index (χ0) is 46.7. The lowest BCUT2D eigenvalue weighted by molar-refractivity contribution is -0.139. The molecule has 1 N–H and O–H groups in total. The molecule has 6 aromatic rings. The molecular weight excluding hydrogens is 865 g/mol. The van der Waals surface area contributed by atoms with Crippen LogP contribution in [-0.2, 0) is 27.1 Å². The van der Waals surface area contributed by atoms with E-state index in [4.69, 9.17) is 28.4 Å². The van der Waals surface area contributed by atoms with Gasteiger partial charge in [-0.2, -0.15) is 0 Å². The smallest absolute Gasteiger partial charge is 0.333 e. The molecule has 0 spiro atoms. The molecule has 0 aliphatic heterocycles. The summed E-state index contributed by atoms with van der Waals surface area (Å²) in [7, 11) is 3.50. The summed E-state index contributed by atoms with van der Waals surface area (Å²) in [6.45, 7) is 11.2. The molecule has 0 fully saturated rings. The average Bonchev–Trinajstić information content (AvgIpc) is 3.96. The van der Waals surface area contributed by atoms with Crippen molar-refractivity contribution in [2.75, 3.05) is 40.6 Å². The van der Waals surface area contributed by atoms with E-state index in [9.17, 15) is 9.90 Å². The van der Waals surface area contributed by atoms with Crippen LogP contribution in [0.3, 0.4) is 0 Å². The largest absolute Gasteiger partial charge is 0.496 e. The number of ether oxygens (including phenoxy) is 6. The van der Waals surface area contributed by atoms with Crippen molar-refractivity contribution in [3.05, 3.63) is 108 Å². The van der Waals surface area contributed by atoms with Gasteiger partial charge in [0.2, 0.25) is 0 Å². The molecule has 1 unspecified atom stereocenters. The van der Waals surface area contributed by atoms with E-state index in [0.717, 1.165) is 72.6 Å². The van der Waals surface area contributed by atoms with Gasteiger partial charge in [0.25, 0.3) is 0 Å². The lowest BCUT2D eigenvalue weighted by Crippen LogP contribution is -2.23. The Hall–Kier alpha value is -4.87. The van der Waals surface area contributed by atoms with Crippen molar-refractivity contribution in [1.29, 1.82) is 0 Å². The van der Waals surface area contributed by atoms with Gasteiger partial charge in [-0.15, -0.1) is 22.7 Å². The molecule has 0 aliphatic carbocycles. The molecule has 2 heterocycles. The number of unbranched alkanes of at least 4 members (excludes halogenated alkanes) is 4. The maximum Gasteiger partial charge on any atom is 0.333 e. The highest BCUT2D eigenvalue weighted by atomic mass is 32.1. The highest BCUT2D eigenvalue weighted by molar-refractivity contribution is 7.22. The number of carbonyl (C=O) groups excluding carboxylic acids is 1. The molecule has 0 bridgehead atoms. The number of aliphatic hydroxyl groups excluding tert-OH is 1. The van der Waals surface area contributed by atoms with E-state index in [-0.39, 0.29) is 19.3 Å². The van der Waals surface area contributed by atoms with Gasteiger partial charge in [-0.05, 0) is 166 Å². The van der Waals surface area contributed by atoms with E-state index in [1.807, 2.05) is 12.1 Å². The molecule has 66 heavy (non-hydrogen) atoms. The van der Waals surface area contributed by atoms with Crippen molar-refractivity contribution < 1.29 is 38.3 Å². The second-order valence-corrected chi connectivity index (χ2v) is 19.4. The van der Waals surface area contributed by atoms with E-state index < -0.39 is 12.1 Å². The Morgan fingerprint density at radius 2 is 1.12 bits per heavy atom. The van der Waals surface area contributed by atoms with Crippen LogP contribution >= 0.6 is 22.7 Å². The van der Waals surface area contributed by atoms with Crippen molar-refractivity contribution >= 4 is 48.8 Å². The van der Waals surface area contributed by atoms with Gasteiger partial charge in [0, 0.05) is 35.9 Å². The molecule has 2 aromatic heterocycles. The van der Waals surface area contributed by atoms with Crippen LogP contribution < -0.4 is 18.9 Å². The van der Waals surface area contributed by atoms with Gasteiger partial charge in [-0.1, -0.05) is 58.2 Å². The monoisotopic (exact) mass is 934 g/mol. The number of fused-ring (bicyclic) bond motifs is 2. The van der Waals surface area contributed by atoms with Crippen LogP contribution in [0.5, 0.6) is 23.0 Å². The number of rotatable bonds is 30. The van der Waals surface area contributed by atoms with Crippen LogP contribution in [0.15, 0.2) is 97.1 Å². The first-order valence-corrected chi connectivity index (χ1v) is 25.6. The number of aryl methyl sites for hydroxylation is 2. The molecule has 6 rings (SSSR count). The number of hydrogen-bond acceptors (Lipinski definition) is 10. The van der Waals surface area contributed by atoms with Gasteiger partial charge in [-0.25, -0.2) is 4.79 Å². The standard InChI is InChI=1S/C56H70O8S2/c1-7-9-11-16-40-21-27-48(50(32-40)59-5)54-34-42-23-25-46(36-52(42)65-54)61-29-14-19-45(64-38-44(57)18-13-31-63-56(58)39(3)4)20-15-30-62-47-26-24-43-35-55(66-53(43)37-47)49-28-22-41(17-12-10-8-2)33-51(49)60-6/h21-28,32-37,44-45,57H,3,7-20,29-31,38H2,1-2,4-6H3. The molecule has 0 aliphatic rings. The number of carbonyl (C=O) groups is 1. The van der Waals surface area contributed by atoms with Crippen molar-refractivity contribution in [2.24, 2.45) is 0 Å². The van der Waals surface area contributed by atoms with Crippen molar-refractivity contribution in [3.8, 4) is 43.9 Å². The average molecular weight is 935 g/mol. The molecule has 0 amide bonds. The molecule has 0 radical (unpaired) electrons. The van der Waals surface area contributed by atoms with Gasteiger partial charge >= 0.3 is 5.97 Å². The van der Waals surface area contributed by atoms with E-state index in [0.29, 0.717) is 31.6 Å². The number of methoxy groups -OCH3 is 2. The fourth-order valence-corrected chi connectivity index (χ4v) is 10.3. The van der Waals surface area contributed by atoms with Crippen molar-refractivity contribution in [3.63, 3.8) is 0 Å². The van der Waals surface area contributed by atoms with Crippen molar-refractivity contribution in [2.45, 2.75) is 123 Å². The Bertz CT molecular complexity index is 2300. The lowest BCUT2D eigenvalue weighted by Gasteiger charge is -2.20. The fraction of sp³-hybridized carbons (Fsp3) is 0.446. The molecule has 10 heteroatoms. The summed E-state index contributed by atoms with van der Waals surface area (Å²) in [6, 6.07) is 30.3. The number of esters is 1. The van der Waals surface area contributed by atoms with Crippen LogP contribution in [0.2, 0.25) is 0 Å². The molecule has 1 atom stereocenters. The summed E-state index contributed by atoms with van der Waals surface area (Å²) in [5, 5.41) is 13.1.